The van der Waals surface area contributed by atoms with Crippen LogP contribution in [0.4, 0.5) is 13.2 Å². The van der Waals surface area contributed by atoms with Crippen LogP contribution in [0.1, 0.15) is 84.7 Å². The fourth-order valence-electron chi connectivity index (χ4n) is 5.55. The van der Waals surface area contributed by atoms with Gasteiger partial charge >= 0.3 is 12.1 Å². The number of aryl methyl sites for hydroxylation is 2. The number of piperidine rings is 1. The Hall–Kier alpha value is -3.82. The zero-order valence-electron chi connectivity index (χ0n) is 24.5. The van der Waals surface area contributed by atoms with Crippen LogP contribution in [0.5, 0.6) is 5.75 Å². The number of alkyl halides is 3. The first kappa shape index (κ1) is 31.1. The lowest BCUT2D eigenvalue weighted by atomic mass is 9.94. The summed E-state index contributed by atoms with van der Waals surface area (Å²) in [6.45, 7) is 9.03. The van der Waals surface area contributed by atoms with E-state index in [1.807, 2.05) is 43.0 Å². The molecule has 2 aromatic carbocycles. The van der Waals surface area contributed by atoms with Crippen LogP contribution < -0.4 is 4.74 Å². The van der Waals surface area contributed by atoms with Crippen molar-refractivity contribution in [2.24, 2.45) is 5.92 Å². The number of ether oxygens (including phenoxy) is 2. The van der Waals surface area contributed by atoms with E-state index in [0.717, 1.165) is 54.8 Å². The second-order valence-corrected chi connectivity index (χ2v) is 10.9. The normalized spacial score (nSPS) is 16.3. The molecule has 2 heterocycles. The second-order valence-electron chi connectivity index (χ2n) is 10.9. The van der Waals surface area contributed by atoms with Gasteiger partial charge in [-0.15, -0.1) is 0 Å². The number of hydrogen-bond donors (Lipinski definition) is 0. The third-order valence-electron chi connectivity index (χ3n) is 7.53. The molecule has 0 N–H and O–H groups in total. The van der Waals surface area contributed by atoms with E-state index in [4.69, 9.17) is 9.47 Å². The summed E-state index contributed by atoms with van der Waals surface area (Å²) < 4.78 is 52.0. The van der Waals surface area contributed by atoms with E-state index in [9.17, 15) is 22.8 Å². The van der Waals surface area contributed by atoms with E-state index in [2.05, 4.69) is 12.0 Å². The second kappa shape index (κ2) is 13.4. The minimum Gasteiger partial charge on any atom is -0.486 e. The van der Waals surface area contributed by atoms with Gasteiger partial charge in [0.25, 0.3) is 5.91 Å². The summed E-state index contributed by atoms with van der Waals surface area (Å²) in [6.07, 6.45) is 0.753. The van der Waals surface area contributed by atoms with Crippen LogP contribution in [-0.4, -0.2) is 46.3 Å². The van der Waals surface area contributed by atoms with E-state index in [0.29, 0.717) is 43.1 Å². The van der Waals surface area contributed by atoms with Gasteiger partial charge < -0.3 is 14.4 Å². The number of rotatable bonds is 10. The summed E-state index contributed by atoms with van der Waals surface area (Å²) in [5.74, 6) is 0.426. The van der Waals surface area contributed by atoms with Crippen molar-refractivity contribution in [3.63, 3.8) is 0 Å². The Bertz CT molecular complexity index is 1360. The van der Waals surface area contributed by atoms with Gasteiger partial charge in [-0.3, -0.25) is 9.59 Å². The largest absolute Gasteiger partial charge is 0.486 e. The highest BCUT2D eigenvalue weighted by molar-refractivity contribution is 5.94. The van der Waals surface area contributed by atoms with Crippen molar-refractivity contribution < 1.29 is 32.2 Å². The molecule has 2 atom stereocenters. The zero-order valence-corrected chi connectivity index (χ0v) is 24.5. The van der Waals surface area contributed by atoms with Gasteiger partial charge in [0, 0.05) is 24.8 Å². The first-order valence-electron chi connectivity index (χ1n) is 14.4. The maximum Gasteiger partial charge on any atom is 0.419 e. The molecule has 0 spiro atoms. The summed E-state index contributed by atoms with van der Waals surface area (Å²) in [4.78, 5) is 27.0. The molecular weight excluding hydrogens is 547 g/mol. The number of esters is 1. The quantitative estimate of drug-likeness (QED) is 0.235. The monoisotopic (exact) mass is 585 g/mol. The number of nitrogens with zero attached hydrogens (tertiary/aromatic N) is 3. The third-order valence-corrected chi connectivity index (χ3v) is 7.53. The van der Waals surface area contributed by atoms with Crippen LogP contribution in [0.3, 0.4) is 0 Å². The van der Waals surface area contributed by atoms with E-state index < -0.39 is 11.7 Å². The molecule has 0 bridgehead atoms. The Morgan fingerprint density at radius 3 is 2.38 bits per heavy atom. The highest BCUT2D eigenvalue weighted by atomic mass is 19.4. The van der Waals surface area contributed by atoms with Crippen molar-refractivity contribution in [2.45, 2.75) is 72.1 Å². The van der Waals surface area contributed by atoms with Crippen LogP contribution >= 0.6 is 0 Å². The first-order chi connectivity index (χ1) is 20.0. The number of carbonyl (C=O) groups is 2. The minimum absolute atomic E-state index is 0.0581. The number of halogens is 3. The summed E-state index contributed by atoms with van der Waals surface area (Å²) in [5, 5.41) is 3.93. The van der Waals surface area contributed by atoms with Crippen molar-refractivity contribution in [2.75, 3.05) is 19.7 Å². The molecule has 1 aliphatic heterocycles. The number of carbonyl (C=O) groups excluding carboxylic acids is 2. The van der Waals surface area contributed by atoms with Crippen molar-refractivity contribution in [3.8, 4) is 11.4 Å². The third kappa shape index (κ3) is 7.52. The highest BCUT2D eigenvalue weighted by Crippen LogP contribution is 2.33. The maximum atomic E-state index is 13.2. The lowest BCUT2D eigenvalue weighted by Gasteiger charge is -2.32. The summed E-state index contributed by atoms with van der Waals surface area (Å²) in [7, 11) is 0. The van der Waals surface area contributed by atoms with Gasteiger partial charge in [0.15, 0.2) is 0 Å². The van der Waals surface area contributed by atoms with Gasteiger partial charge in [0.2, 0.25) is 0 Å². The molecule has 1 saturated heterocycles. The molecule has 0 aliphatic carbocycles. The Morgan fingerprint density at radius 1 is 1.10 bits per heavy atom. The lowest BCUT2D eigenvalue weighted by molar-refractivity contribution is -0.144. The van der Waals surface area contributed by atoms with Crippen LogP contribution in [0, 0.1) is 19.8 Å². The number of aromatic nitrogens is 2. The molecule has 226 valence electrons. The Morgan fingerprint density at radius 2 is 1.79 bits per heavy atom. The molecule has 0 saturated carbocycles. The number of benzene rings is 2. The van der Waals surface area contributed by atoms with Crippen molar-refractivity contribution >= 4 is 11.9 Å². The molecule has 1 aliphatic rings. The summed E-state index contributed by atoms with van der Waals surface area (Å²) >= 11 is 0. The molecular formula is C32H38F3N3O4. The number of amides is 1. The Kier molecular flexibility index (Phi) is 9.96. The molecule has 1 amide bonds. The van der Waals surface area contributed by atoms with E-state index in [1.165, 1.54) is 4.68 Å². The van der Waals surface area contributed by atoms with Gasteiger partial charge in [-0.25, -0.2) is 4.68 Å². The molecule has 1 unspecified atom stereocenters. The minimum atomic E-state index is -4.46. The molecule has 1 fully saturated rings. The Labute approximate surface area is 244 Å². The predicted octanol–water partition coefficient (Wildman–Crippen LogP) is 7.23. The summed E-state index contributed by atoms with van der Waals surface area (Å²) in [6, 6.07) is 11.1. The molecule has 0 radical (unpaired) electrons. The standard InChI is InChI=1S/C32H38F3N3O4/c1-5-8-28(42-27-15-21(3)30(22(4)16-27)38-20-26(18-36-38)32(33,34)35)24-10-12-25(13-11-24)31(40)37-14-7-9-23(19-37)17-29(39)41-6-2/h10-13,15-16,18,20,23,28H,5-9,14,17,19H2,1-4H3/t23-,28?/m1/s1. The molecule has 42 heavy (non-hydrogen) atoms. The van der Waals surface area contributed by atoms with Crippen LogP contribution in [0.25, 0.3) is 5.69 Å². The van der Waals surface area contributed by atoms with Crippen LogP contribution in [-0.2, 0) is 15.7 Å². The van der Waals surface area contributed by atoms with Gasteiger partial charge in [-0.05, 0) is 86.9 Å². The zero-order chi connectivity index (χ0) is 30.4. The summed E-state index contributed by atoms with van der Waals surface area (Å²) in [5.41, 5.74) is 2.76. The van der Waals surface area contributed by atoms with Gasteiger partial charge in [-0.2, -0.15) is 18.3 Å². The topological polar surface area (TPSA) is 73.7 Å². The van der Waals surface area contributed by atoms with E-state index >= 15 is 0 Å². The van der Waals surface area contributed by atoms with Crippen LogP contribution in [0.2, 0.25) is 0 Å². The van der Waals surface area contributed by atoms with E-state index in [1.54, 1.807) is 19.1 Å². The molecule has 3 aromatic rings. The average molecular weight is 586 g/mol. The number of likely N-dealkylation sites (tertiary alicyclic amines) is 1. The maximum absolute atomic E-state index is 13.2. The molecule has 4 rings (SSSR count). The molecule has 7 nitrogen and oxygen atoms in total. The fraction of sp³-hybridized carbons (Fsp3) is 0.469. The molecule has 1 aromatic heterocycles. The first-order valence-corrected chi connectivity index (χ1v) is 14.4. The average Bonchev–Trinajstić information content (AvgIpc) is 3.43. The van der Waals surface area contributed by atoms with Crippen LogP contribution in [0.15, 0.2) is 48.8 Å². The smallest absolute Gasteiger partial charge is 0.419 e. The van der Waals surface area contributed by atoms with E-state index in [-0.39, 0.29) is 23.9 Å². The Balaban J connectivity index is 1.46. The van der Waals surface area contributed by atoms with Crippen molar-refractivity contribution in [3.05, 3.63) is 76.6 Å². The van der Waals surface area contributed by atoms with Gasteiger partial charge in [0.1, 0.15) is 11.9 Å². The fourth-order valence-corrected chi connectivity index (χ4v) is 5.55. The number of hydrogen-bond acceptors (Lipinski definition) is 5. The van der Waals surface area contributed by atoms with Crippen molar-refractivity contribution in [1.82, 2.24) is 14.7 Å². The predicted molar refractivity (Wildman–Crippen MR) is 153 cm³/mol. The van der Waals surface area contributed by atoms with Gasteiger partial charge in [-0.1, -0.05) is 25.5 Å². The SMILES string of the molecule is CCCC(Oc1cc(C)c(-n2cc(C(F)(F)F)cn2)c(C)c1)c1ccc(C(=O)N2CCC[C@H](CC(=O)OCC)C2)cc1. The highest BCUT2D eigenvalue weighted by Gasteiger charge is 2.32. The lowest BCUT2D eigenvalue weighted by Crippen LogP contribution is -2.40. The van der Waals surface area contributed by atoms with Gasteiger partial charge in [0.05, 0.1) is 30.5 Å². The molecule has 10 heteroatoms. The van der Waals surface area contributed by atoms with Crippen molar-refractivity contribution in [1.29, 1.82) is 0 Å².